The fourth-order valence-electron chi connectivity index (χ4n) is 3.16. The topological polar surface area (TPSA) is 132 Å². The van der Waals surface area contributed by atoms with E-state index in [0.29, 0.717) is 46.9 Å². The van der Waals surface area contributed by atoms with Crippen molar-refractivity contribution in [2.45, 2.75) is 12.1 Å². The van der Waals surface area contributed by atoms with Crippen molar-refractivity contribution in [3.63, 3.8) is 0 Å². The molecule has 1 fully saturated rings. The average molecular weight is 429 g/mol. The highest BCUT2D eigenvalue weighted by Gasteiger charge is 2.29. The quantitative estimate of drug-likeness (QED) is 0.511. The van der Waals surface area contributed by atoms with Gasteiger partial charge in [-0.2, -0.15) is 4.98 Å². The Labute approximate surface area is 172 Å². The number of nitrogens with two attached hydrogens (primary N) is 1. The molecule has 1 aliphatic heterocycles. The van der Waals surface area contributed by atoms with Gasteiger partial charge >= 0.3 is 0 Å². The molecule has 0 radical (unpaired) electrons. The fraction of sp³-hybridized carbons (Fsp3) is 0.471. The molecule has 0 spiro atoms. The van der Waals surface area contributed by atoms with Crippen LogP contribution in [0.1, 0.15) is 0 Å². The maximum atomic E-state index is 9.69. The molecule has 9 nitrogen and oxygen atoms in total. The molecule has 11 heteroatoms. The third-order valence-corrected chi connectivity index (χ3v) is 5.48. The summed E-state index contributed by atoms with van der Waals surface area (Å²) < 4.78 is 0. The van der Waals surface area contributed by atoms with Crippen LogP contribution in [0.2, 0.25) is 10.0 Å². The van der Waals surface area contributed by atoms with Crippen molar-refractivity contribution in [3.05, 3.63) is 28.2 Å². The van der Waals surface area contributed by atoms with Crippen molar-refractivity contribution in [3.8, 4) is 11.3 Å². The number of halogens is 2. The average Bonchev–Trinajstić information content (AvgIpc) is 2.70. The first-order chi connectivity index (χ1) is 13.4. The summed E-state index contributed by atoms with van der Waals surface area (Å²) >= 11 is 12.3. The number of nitrogens with zero attached hydrogens (tertiary/aromatic N) is 5. The lowest BCUT2D eigenvalue weighted by molar-refractivity contribution is 0.0272. The van der Waals surface area contributed by atoms with Crippen LogP contribution in [0.15, 0.2) is 18.2 Å². The molecular formula is C17H22Cl2N6O3. The number of aliphatic hydroxyl groups excluding tert-OH is 3. The SMILES string of the molecule is Nc1nc(N2CCN(CC(O)CO)[C@H](CO)C2)nnc1-c1cccc(Cl)c1Cl. The summed E-state index contributed by atoms with van der Waals surface area (Å²) in [5.74, 6) is 0.521. The first-order valence-corrected chi connectivity index (χ1v) is 9.53. The summed E-state index contributed by atoms with van der Waals surface area (Å²) in [4.78, 5) is 8.15. The number of aliphatic hydroxyl groups is 3. The summed E-state index contributed by atoms with van der Waals surface area (Å²) in [7, 11) is 0. The molecule has 1 aromatic carbocycles. The van der Waals surface area contributed by atoms with E-state index >= 15 is 0 Å². The van der Waals surface area contributed by atoms with Crippen LogP contribution in [0, 0.1) is 0 Å². The number of anilines is 2. The van der Waals surface area contributed by atoms with Crippen molar-refractivity contribution in [1.29, 1.82) is 0 Å². The highest BCUT2D eigenvalue weighted by Crippen LogP contribution is 2.34. The maximum Gasteiger partial charge on any atom is 0.247 e. The van der Waals surface area contributed by atoms with E-state index in [1.807, 2.05) is 9.80 Å². The number of β-amino-alcohol motifs (C(OH)–C–C–N with tert-alkyl or cyclic N) is 1. The minimum absolute atomic E-state index is 0.103. The normalized spacial score (nSPS) is 19.0. The molecule has 1 saturated heterocycles. The van der Waals surface area contributed by atoms with E-state index < -0.39 is 6.10 Å². The fourth-order valence-corrected chi connectivity index (χ4v) is 3.55. The second-order valence-electron chi connectivity index (χ2n) is 6.56. The molecule has 2 aromatic rings. The number of aromatic nitrogens is 3. The molecule has 1 aromatic heterocycles. The number of hydrogen-bond acceptors (Lipinski definition) is 9. The Hall–Kier alpha value is -1.75. The molecule has 0 saturated carbocycles. The largest absolute Gasteiger partial charge is 0.395 e. The second kappa shape index (κ2) is 9.17. The molecule has 5 N–H and O–H groups in total. The van der Waals surface area contributed by atoms with Gasteiger partial charge < -0.3 is 26.0 Å². The summed E-state index contributed by atoms with van der Waals surface area (Å²) in [6.07, 6.45) is -0.851. The van der Waals surface area contributed by atoms with E-state index in [4.69, 9.17) is 34.0 Å². The second-order valence-corrected chi connectivity index (χ2v) is 7.35. The van der Waals surface area contributed by atoms with Crippen LogP contribution in [0.3, 0.4) is 0 Å². The van der Waals surface area contributed by atoms with Crippen molar-refractivity contribution in [2.24, 2.45) is 0 Å². The molecular weight excluding hydrogens is 407 g/mol. The Kier molecular flexibility index (Phi) is 6.86. The van der Waals surface area contributed by atoms with Crippen LogP contribution in [0.25, 0.3) is 11.3 Å². The van der Waals surface area contributed by atoms with Crippen LogP contribution >= 0.6 is 23.2 Å². The van der Waals surface area contributed by atoms with E-state index in [0.717, 1.165) is 0 Å². The minimum Gasteiger partial charge on any atom is -0.395 e. The Morgan fingerprint density at radius 1 is 1.21 bits per heavy atom. The van der Waals surface area contributed by atoms with Crippen LogP contribution in [-0.2, 0) is 0 Å². The zero-order chi connectivity index (χ0) is 20.3. The summed E-state index contributed by atoms with van der Waals surface area (Å²) in [6.45, 7) is 1.42. The molecule has 3 rings (SSSR count). The van der Waals surface area contributed by atoms with Gasteiger partial charge in [-0.25, -0.2) is 0 Å². The van der Waals surface area contributed by atoms with Gasteiger partial charge in [-0.15, -0.1) is 10.2 Å². The number of nitrogen functional groups attached to an aromatic ring is 1. The molecule has 2 atom stereocenters. The minimum atomic E-state index is -0.851. The van der Waals surface area contributed by atoms with E-state index in [-0.39, 0.29) is 31.6 Å². The first kappa shape index (κ1) is 21.0. The van der Waals surface area contributed by atoms with E-state index in [9.17, 15) is 10.2 Å². The van der Waals surface area contributed by atoms with Crippen molar-refractivity contribution < 1.29 is 15.3 Å². The first-order valence-electron chi connectivity index (χ1n) is 8.78. The van der Waals surface area contributed by atoms with Gasteiger partial charge in [0.25, 0.3) is 0 Å². The molecule has 0 bridgehead atoms. The van der Waals surface area contributed by atoms with Crippen molar-refractivity contribution in [1.82, 2.24) is 20.1 Å². The van der Waals surface area contributed by atoms with Gasteiger partial charge in [0.15, 0.2) is 5.82 Å². The zero-order valence-corrected chi connectivity index (χ0v) is 16.6. The van der Waals surface area contributed by atoms with Gasteiger partial charge in [-0.1, -0.05) is 35.3 Å². The van der Waals surface area contributed by atoms with Gasteiger partial charge in [0.1, 0.15) is 5.69 Å². The number of benzene rings is 1. The predicted octanol–water partition coefficient (Wildman–Crippen LogP) is 0.264. The van der Waals surface area contributed by atoms with Gasteiger partial charge in [-0.3, -0.25) is 4.90 Å². The highest BCUT2D eigenvalue weighted by atomic mass is 35.5. The van der Waals surface area contributed by atoms with Gasteiger partial charge in [0, 0.05) is 31.7 Å². The lowest BCUT2D eigenvalue weighted by Crippen LogP contribution is -2.57. The van der Waals surface area contributed by atoms with Crippen LogP contribution < -0.4 is 10.6 Å². The number of hydrogen-bond donors (Lipinski definition) is 4. The molecule has 28 heavy (non-hydrogen) atoms. The van der Waals surface area contributed by atoms with Crippen LogP contribution in [-0.4, -0.2) is 86.9 Å². The van der Waals surface area contributed by atoms with Gasteiger partial charge in [0.2, 0.25) is 5.95 Å². The summed E-state index contributed by atoms with van der Waals surface area (Å²) in [6, 6.07) is 4.91. The van der Waals surface area contributed by atoms with Crippen LogP contribution in [0.5, 0.6) is 0 Å². The lowest BCUT2D eigenvalue weighted by Gasteiger charge is -2.41. The summed E-state index contributed by atoms with van der Waals surface area (Å²) in [5, 5.41) is 37.5. The Balaban J connectivity index is 1.78. The number of piperazine rings is 1. The smallest absolute Gasteiger partial charge is 0.247 e. The Bertz CT molecular complexity index is 827. The molecule has 1 aliphatic rings. The maximum absolute atomic E-state index is 9.69. The lowest BCUT2D eigenvalue weighted by atomic mass is 10.1. The Morgan fingerprint density at radius 3 is 2.68 bits per heavy atom. The van der Waals surface area contributed by atoms with E-state index in [1.54, 1.807) is 18.2 Å². The third kappa shape index (κ3) is 4.45. The molecule has 152 valence electrons. The van der Waals surface area contributed by atoms with Crippen molar-refractivity contribution >= 4 is 35.0 Å². The van der Waals surface area contributed by atoms with E-state index in [2.05, 4.69) is 15.2 Å². The third-order valence-electron chi connectivity index (χ3n) is 4.66. The standard InChI is InChI=1S/C17H22Cl2N6O3/c18-13-3-1-2-12(14(13)19)15-16(20)21-17(23-22-15)25-5-4-24(7-11(28)9-27)10(6-25)8-26/h1-3,10-11,26-28H,4-9H2,(H2,20,21,23)/t10-,11?/m0/s1. The Morgan fingerprint density at radius 2 is 2.00 bits per heavy atom. The van der Waals surface area contributed by atoms with Crippen LogP contribution in [0.4, 0.5) is 11.8 Å². The van der Waals surface area contributed by atoms with Crippen molar-refractivity contribution in [2.75, 3.05) is 50.0 Å². The molecule has 0 aliphatic carbocycles. The molecule has 2 heterocycles. The monoisotopic (exact) mass is 428 g/mol. The summed E-state index contributed by atoms with van der Waals surface area (Å²) in [5.41, 5.74) is 6.99. The molecule has 1 unspecified atom stereocenters. The van der Waals surface area contributed by atoms with Gasteiger partial charge in [0.05, 0.1) is 35.4 Å². The highest BCUT2D eigenvalue weighted by molar-refractivity contribution is 6.43. The predicted molar refractivity (Wildman–Crippen MR) is 107 cm³/mol. The van der Waals surface area contributed by atoms with E-state index in [1.165, 1.54) is 0 Å². The van der Waals surface area contributed by atoms with Gasteiger partial charge in [-0.05, 0) is 6.07 Å². The number of rotatable bonds is 6. The zero-order valence-electron chi connectivity index (χ0n) is 15.0. The molecule has 0 amide bonds.